The predicted molar refractivity (Wildman–Crippen MR) is 63.9 cm³/mol. The fraction of sp³-hybridized carbons (Fsp3) is 0.917. The summed E-state index contributed by atoms with van der Waals surface area (Å²) in [5.41, 5.74) is 0. The van der Waals surface area contributed by atoms with Crippen molar-refractivity contribution in [2.45, 2.75) is 44.6 Å². The van der Waals surface area contributed by atoms with Crippen LogP contribution in [-0.4, -0.2) is 63.0 Å². The Labute approximate surface area is 103 Å². The molecule has 0 aliphatic carbocycles. The zero-order chi connectivity index (χ0) is 13.0. The van der Waals surface area contributed by atoms with Crippen LogP contribution in [0.2, 0.25) is 0 Å². The molecule has 0 N–H and O–H groups in total. The number of carbonyl (C=O) groups is 1. The van der Waals surface area contributed by atoms with E-state index in [-0.39, 0.29) is 30.3 Å². The van der Waals surface area contributed by atoms with Crippen molar-refractivity contribution in [2.75, 3.05) is 27.8 Å². The van der Waals surface area contributed by atoms with Gasteiger partial charge in [0.05, 0.1) is 19.3 Å². The van der Waals surface area contributed by atoms with E-state index >= 15 is 0 Å². The highest BCUT2D eigenvalue weighted by Crippen LogP contribution is 2.24. The maximum atomic E-state index is 11.7. The first-order valence-corrected chi connectivity index (χ1v) is 6.01. The van der Waals surface area contributed by atoms with Crippen LogP contribution in [0.1, 0.15) is 20.3 Å². The van der Waals surface area contributed by atoms with E-state index in [4.69, 9.17) is 14.2 Å². The molecule has 1 saturated heterocycles. The van der Waals surface area contributed by atoms with Gasteiger partial charge in [-0.05, 0) is 20.4 Å². The number of ether oxygens (including phenoxy) is 3. The quantitative estimate of drug-likeness (QED) is 0.666. The van der Waals surface area contributed by atoms with Crippen LogP contribution in [0.15, 0.2) is 0 Å². The number of likely N-dealkylation sites (N-methyl/N-ethyl adjacent to an activating group) is 1. The molecule has 0 saturated carbocycles. The molecule has 5 nitrogen and oxygen atoms in total. The minimum absolute atomic E-state index is 0.0796. The third-order valence-electron chi connectivity index (χ3n) is 3.32. The molecule has 0 aromatic heterocycles. The SMILES string of the molecule is CCC(C)OC1CN(C)C(C(=O)OC)C1OC. The molecule has 0 radical (unpaired) electrons. The summed E-state index contributed by atoms with van der Waals surface area (Å²) in [5, 5.41) is 0. The Morgan fingerprint density at radius 3 is 2.59 bits per heavy atom. The number of carbonyl (C=O) groups excluding carboxylic acids is 1. The Morgan fingerprint density at radius 2 is 2.12 bits per heavy atom. The number of hydrogen-bond donors (Lipinski definition) is 0. The Kier molecular flexibility index (Phi) is 5.36. The summed E-state index contributed by atoms with van der Waals surface area (Å²) in [6.07, 6.45) is 0.771. The van der Waals surface area contributed by atoms with Gasteiger partial charge in [-0.3, -0.25) is 9.69 Å². The standard InChI is InChI=1S/C12H23NO4/c1-6-8(2)17-9-7-13(3)10(11(9)15-4)12(14)16-5/h8-11H,6-7H2,1-5H3. The van der Waals surface area contributed by atoms with E-state index in [0.717, 1.165) is 6.42 Å². The van der Waals surface area contributed by atoms with E-state index in [1.165, 1.54) is 7.11 Å². The molecule has 1 fully saturated rings. The van der Waals surface area contributed by atoms with Crippen molar-refractivity contribution in [3.8, 4) is 0 Å². The number of methoxy groups -OCH3 is 2. The summed E-state index contributed by atoms with van der Waals surface area (Å²) < 4.78 is 16.1. The molecular weight excluding hydrogens is 222 g/mol. The lowest BCUT2D eigenvalue weighted by Crippen LogP contribution is -2.43. The lowest BCUT2D eigenvalue weighted by atomic mass is 10.1. The lowest BCUT2D eigenvalue weighted by Gasteiger charge is -2.24. The molecule has 0 aromatic carbocycles. The van der Waals surface area contributed by atoms with Crippen LogP contribution in [-0.2, 0) is 19.0 Å². The minimum atomic E-state index is -0.376. The highest BCUT2D eigenvalue weighted by molar-refractivity contribution is 5.77. The summed E-state index contributed by atoms with van der Waals surface area (Å²) in [4.78, 5) is 13.6. The van der Waals surface area contributed by atoms with E-state index in [1.54, 1.807) is 7.11 Å². The second kappa shape index (κ2) is 6.33. The second-order valence-electron chi connectivity index (χ2n) is 4.50. The number of rotatable bonds is 5. The van der Waals surface area contributed by atoms with Gasteiger partial charge < -0.3 is 14.2 Å². The number of nitrogens with zero attached hydrogens (tertiary/aromatic N) is 1. The molecule has 1 heterocycles. The van der Waals surface area contributed by atoms with Gasteiger partial charge in [-0.2, -0.15) is 0 Å². The zero-order valence-corrected chi connectivity index (χ0v) is 11.3. The molecule has 0 aromatic rings. The monoisotopic (exact) mass is 245 g/mol. The maximum Gasteiger partial charge on any atom is 0.325 e. The molecule has 1 rings (SSSR count). The molecule has 17 heavy (non-hydrogen) atoms. The average Bonchev–Trinajstić information content (AvgIpc) is 2.63. The first-order valence-electron chi connectivity index (χ1n) is 6.01. The number of likely N-dealkylation sites (tertiary alicyclic amines) is 1. The van der Waals surface area contributed by atoms with Crippen molar-refractivity contribution in [1.29, 1.82) is 0 Å². The number of esters is 1. The van der Waals surface area contributed by atoms with Crippen molar-refractivity contribution in [3.05, 3.63) is 0 Å². The Balaban J connectivity index is 2.72. The van der Waals surface area contributed by atoms with Gasteiger partial charge in [-0.25, -0.2) is 0 Å². The van der Waals surface area contributed by atoms with Crippen molar-refractivity contribution in [2.24, 2.45) is 0 Å². The third-order valence-corrected chi connectivity index (χ3v) is 3.32. The van der Waals surface area contributed by atoms with E-state index in [1.807, 2.05) is 18.9 Å². The van der Waals surface area contributed by atoms with Crippen LogP contribution in [0.3, 0.4) is 0 Å². The summed E-state index contributed by atoms with van der Waals surface area (Å²) in [5.74, 6) is -0.269. The second-order valence-corrected chi connectivity index (χ2v) is 4.50. The third kappa shape index (κ3) is 3.18. The van der Waals surface area contributed by atoms with E-state index in [0.29, 0.717) is 6.54 Å². The van der Waals surface area contributed by atoms with Gasteiger partial charge in [0.2, 0.25) is 0 Å². The normalized spacial score (nSPS) is 31.5. The van der Waals surface area contributed by atoms with E-state index in [9.17, 15) is 4.79 Å². The van der Waals surface area contributed by atoms with Crippen LogP contribution in [0.25, 0.3) is 0 Å². The van der Waals surface area contributed by atoms with Crippen LogP contribution in [0.4, 0.5) is 0 Å². The van der Waals surface area contributed by atoms with Crippen molar-refractivity contribution in [3.63, 3.8) is 0 Å². The van der Waals surface area contributed by atoms with E-state index < -0.39 is 0 Å². The molecule has 100 valence electrons. The fourth-order valence-electron chi connectivity index (χ4n) is 2.19. The highest BCUT2D eigenvalue weighted by Gasteiger charge is 2.46. The summed E-state index contributed by atoms with van der Waals surface area (Å²) in [6, 6.07) is -0.376. The molecular formula is C12H23NO4. The van der Waals surface area contributed by atoms with Crippen LogP contribution >= 0.6 is 0 Å². The lowest BCUT2D eigenvalue weighted by molar-refractivity contribution is -0.151. The highest BCUT2D eigenvalue weighted by atomic mass is 16.6. The first-order chi connectivity index (χ1) is 8.04. The van der Waals surface area contributed by atoms with Gasteiger partial charge in [0.1, 0.15) is 12.1 Å². The fourth-order valence-corrected chi connectivity index (χ4v) is 2.19. The summed E-state index contributed by atoms with van der Waals surface area (Å²) >= 11 is 0. The van der Waals surface area contributed by atoms with Crippen LogP contribution < -0.4 is 0 Å². The molecule has 1 aliphatic rings. The van der Waals surface area contributed by atoms with Gasteiger partial charge in [-0.15, -0.1) is 0 Å². The van der Waals surface area contributed by atoms with Gasteiger partial charge in [0.25, 0.3) is 0 Å². The number of hydrogen-bond acceptors (Lipinski definition) is 5. The van der Waals surface area contributed by atoms with Crippen LogP contribution in [0.5, 0.6) is 0 Å². The Bertz CT molecular complexity index is 259. The van der Waals surface area contributed by atoms with Gasteiger partial charge in [0, 0.05) is 13.7 Å². The van der Waals surface area contributed by atoms with Crippen molar-refractivity contribution in [1.82, 2.24) is 4.90 Å². The molecule has 4 unspecified atom stereocenters. The zero-order valence-electron chi connectivity index (χ0n) is 11.3. The average molecular weight is 245 g/mol. The first kappa shape index (κ1) is 14.4. The van der Waals surface area contributed by atoms with Crippen molar-refractivity contribution >= 4 is 5.97 Å². The Hall–Kier alpha value is -0.650. The molecule has 1 aliphatic heterocycles. The molecule has 5 heteroatoms. The molecule has 4 atom stereocenters. The topological polar surface area (TPSA) is 48.0 Å². The minimum Gasteiger partial charge on any atom is -0.468 e. The van der Waals surface area contributed by atoms with Gasteiger partial charge in [0.15, 0.2) is 0 Å². The predicted octanol–water partition coefficient (Wildman–Crippen LogP) is 0.672. The van der Waals surface area contributed by atoms with Crippen molar-refractivity contribution < 1.29 is 19.0 Å². The molecule has 0 amide bonds. The van der Waals surface area contributed by atoms with Gasteiger partial charge >= 0.3 is 5.97 Å². The largest absolute Gasteiger partial charge is 0.468 e. The summed E-state index contributed by atoms with van der Waals surface area (Å²) in [7, 11) is 4.88. The van der Waals surface area contributed by atoms with E-state index in [2.05, 4.69) is 6.92 Å². The Morgan fingerprint density at radius 1 is 1.47 bits per heavy atom. The van der Waals surface area contributed by atoms with Crippen LogP contribution in [0, 0.1) is 0 Å². The summed E-state index contributed by atoms with van der Waals surface area (Å²) in [6.45, 7) is 4.78. The maximum absolute atomic E-state index is 11.7. The molecule has 0 bridgehead atoms. The van der Waals surface area contributed by atoms with Gasteiger partial charge in [-0.1, -0.05) is 6.92 Å². The molecule has 0 spiro atoms. The smallest absolute Gasteiger partial charge is 0.325 e.